The Kier molecular flexibility index (Phi) is 2.96. The summed E-state index contributed by atoms with van der Waals surface area (Å²) < 4.78 is 0. The molecule has 0 radical (unpaired) electrons. The van der Waals surface area contributed by atoms with Crippen molar-refractivity contribution >= 4 is 22.9 Å². The number of carbonyl (C=O) groups is 1. The van der Waals surface area contributed by atoms with Crippen LogP contribution in [-0.4, -0.2) is 15.8 Å². The molecular formula is C11H11N3OS. The Bertz CT molecular complexity index is 521. The van der Waals surface area contributed by atoms with E-state index in [1.807, 2.05) is 12.3 Å². The Morgan fingerprint density at radius 2 is 2.38 bits per heavy atom. The van der Waals surface area contributed by atoms with Crippen LogP contribution in [0.25, 0.3) is 0 Å². The molecule has 2 N–H and O–H groups in total. The van der Waals surface area contributed by atoms with Gasteiger partial charge in [-0.1, -0.05) is 0 Å². The Hall–Kier alpha value is -1.75. The highest BCUT2D eigenvalue weighted by atomic mass is 32.1. The average molecular weight is 233 g/mol. The Morgan fingerprint density at radius 3 is 3.00 bits per heavy atom. The topological polar surface area (TPSA) is 68.9 Å². The first kappa shape index (κ1) is 10.8. The molecular weight excluding hydrogens is 222 g/mol. The number of carbonyl (C=O) groups excluding carboxylic acids is 1. The maximum absolute atomic E-state index is 11.9. The molecule has 82 valence electrons. The van der Waals surface area contributed by atoms with Gasteiger partial charge in [-0.2, -0.15) is 0 Å². The predicted molar refractivity (Wildman–Crippen MR) is 63.5 cm³/mol. The van der Waals surface area contributed by atoms with E-state index < -0.39 is 0 Å². The lowest BCUT2D eigenvalue weighted by Gasteiger charge is -2.01. The number of rotatable bonds is 3. The highest BCUT2D eigenvalue weighted by Gasteiger charge is 2.12. The summed E-state index contributed by atoms with van der Waals surface area (Å²) in [5.74, 6) is 0.232. The van der Waals surface area contributed by atoms with Gasteiger partial charge in [0.1, 0.15) is 5.82 Å². The maximum atomic E-state index is 11.9. The predicted octanol–water partition coefficient (Wildman–Crippen LogP) is 1.85. The van der Waals surface area contributed by atoms with Crippen molar-refractivity contribution in [2.24, 2.45) is 0 Å². The molecule has 0 saturated heterocycles. The molecule has 0 fully saturated rings. The number of nitrogen functional groups attached to an aromatic ring is 1. The number of pyridine rings is 1. The lowest BCUT2D eigenvalue weighted by Crippen LogP contribution is -2.08. The normalized spacial score (nSPS) is 10.3. The van der Waals surface area contributed by atoms with E-state index in [1.165, 1.54) is 11.3 Å². The largest absolute Gasteiger partial charge is 0.383 e. The van der Waals surface area contributed by atoms with Crippen LogP contribution in [0.15, 0.2) is 23.7 Å². The number of anilines is 1. The second kappa shape index (κ2) is 4.40. The monoisotopic (exact) mass is 233 g/mol. The van der Waals surface area contributed by atoms with Crippen molar-refractivity contribution in [3.63, 3.8) is 0 Å². The van der Waals surface area contributed by atoms with E-state index in [4.69, 9.17) is 5.73 Å². The summed E-state index contributed by atoms with van der Waals surface area (Å²) in [5, 5.41) is 2.85. The zero-order valence-electron chi connectivity index (χ0n) is 8.80. The van der Waals surface area contributed by atoms with Crippen LogP contribution in [0.1, 0.15) is 21.1 Å². The molecule has 2 rings (SSSR count). The fraction of sp³-hybridized carbons (Fsp3) is 0.182. The molecule has 0 bridgehead atoms. The second-order valence-corrected chi connectivity index (χ2v) is 4.46. The van der Waals surface area contributed by atoms with E-state index in [-0.39, 0.29) is 18.0 Å². The van der Waals surface area contributed by atoms with Gasteiger partial charge in [0.2, 0.25) is 0 Å². The molecule has 16 heavy (non-hydrogen) atoms. The number of Topliss-reactive ketones (excluding diaryl/α,β-unsaturated/α-hetero) is 1. The highest BCUT2D eigenvalue weighted by molar-refractivity contribution is 7.09. The van der Waals surface area contributed by atoms with Crippen molar-refractivity contribution in [3.05, 3.63) is 40.0 Å². The Balaban J connectivity index is 2.18. The van der Waals surface area contributed by atoms with Crippen LogP contribution in [0.2, 0.25) is 0 Å². The number of aromatic nitrogens is 2. The van der Waals surface area contributed by atoms with Gasteiger partial charge < -0.3 is 5.73 Å². The van der Waals surface area contributed by atoms with Crippen molar-refractivity contribution < 1.29 is 4.79 Å². The molecule has 2 heterocycles. The lowest BCUT2D eigenvalue weighted by atomic mass is 10.1. The van der Waals surface area contributed by atoms with E-state index in [0.29, 0.717) is 5.56 Å². The quantitative estimate of drug-likeness (QED) is 0.821. The van der Waals surface area contributed by atoms with Gasteiger partial charge in [-0.15, -0.1) is 11.3 Å². The van der Waals surface area contributed by atoms with Crippen LogP contribution in [0, 0.1) is 6.92 Å². The van der Waals surface area contributed by atoms with Crippen LogP contribution < -0.4 is 5.73 Å². The van der Waals surface area contributed by atoms with Gasteiger partial charge in [0.25, 0.3) is 0 Å². The molecule has 5 heteroatoms. The van der Waals surface area contributed by atoms with Crippen LogP contribution in [0.3, 0.4) is 0 Å². The summed E-state index contributed by atoms with van der Waals surface area (Å²) in [6.07, 6.45) is 1.85. The number of aryl methyl sites for hydroxylation is 1. The number of nitrogens with zero attached hydrogens (tertiary/aromatic N) is 2. The molecule has 2 aromatic heterocycles. The third-order valence-corrected chi connectivity index (χ3v) is 2.97. The number of nitrogens with two attached hydrogens (primary N) is 1. The zero-order valence-corrected chi connectivity index (χ0v) is 9.62. The molecule has 0 spiro atoms. The van der Waals surface area contributed by atoms with Gasteiger partial charge in [-0.3, -0.25) is 4.79 Å². The summed E-state index contributed by atoms with van der Waals surface area (Å²) in [4.78, 5) is 20.0. The Labute approximate surface area is 97.2 Å². The molecule has 0 unspecified atom stereocenters. The summed E-state index contributed by atoms with van der Waals surface area (Å²) in [7, 11) is 0. The van der Waals surface area contributed by atoms with Crippen LogP contribution >= 0.6 is 11.3 Å². The minimum atomic E-state index is -0.0455. The first-order valence-corrected chi connectivity index (χ1v) is 5.69. The van der Waals surface area contributed by atoms with Crippen molar-refractivity contribution in [2.45, 2.75) is 13.3 Å². The van der Waals surface area contributed by atoms with Crippen LogP contribution in [0.5, 0.6) is 0 Å². The van der Waals surface area contributed by atoms with Gasteiger partial charge in [0, 0.05) is 11.6 Å². The molecule has 0 aliphatic rings. The minimum Gasteiger partial charge on any atom is -0.383 e. The SMILES string of the molecule is Cc1nc(CC(=O)c2cccnc2N)cs1. The third-order valence-electron chi connectivity index (χ3n) is 2.15. The van der Waals surface area contributed by atoms with Crippen LogP contribution in [-0.2, 0) is 6.42 Å². The number of hydrogen-bond donors (Lipinski definition) is 1. The van der Waals surface area contributed by atoms with Crippen molar-refractivity contribution in [1.29, 1.82) is 0 Å². The van der Waals surface area contributed by atoms with Gasteiger partial charge in [0.05, 0.1) is 22.7 Å². The van der Waals surface area contributed by atoms with E-state index in [9.17, 15) is 4.79 Å². The summed E-state index contributed by atoms with van der Waals surface area (Å²) in [6, 6.07) is 3.39. The summed E-state index contributed by atoms with van der Waals surface area (Å²) in [6.45, 7) is 1.91. The molecule has 0 atom stereocenters. The van der Waals surface area contributed by atoms with Gasteiger partial charge in [-0.25, -0.2) is 9.97 Å². The van der Waals surface area contributed by atoms with E-state index in [2.05, 4.69) is 9.97 Å². The number of ketones is 1. The smallest absolute Gasteiger partial charge is 0.172 e. The molecule has 0 amide bonds. The summed E-state index contributed by atoms with van der Waals surface area (Å²) in [5.41, 5.74) is 6.88. The van der Waals surface area contributed by atoms with Gasteiger partial charge in [-0.05, 0) is 19.1 Å². The van der Waals surface area contributed by atoms with Gasteiger partial charge >= 0.3 is 0 Å². The van der Waals surface area contributed by atoms with Crippen molar-refractivity contribution in [2.75, 3.05) is 5.73 Å². The lowest BCUT2D eigenvalue weighted by molar-refractivity contribution is 0.0992. The average Bonchev–Trinajstić information content (AvgIpc) is 2.64. The van der Waals surface area contributed by atoms with Crippen molar-refractivity contribution in [1.82, 2.24) is 9.97 Å². The molecule has 0 aromatic carbocycles. The maximum Gasteiger partial charge on any atom is 0.172 e. The Morgan fingerprint density at radius 1 is 1.56 bits per heavy atom. The highest BCUT2D eigenvalue weighted by Crippen LogP contribution is 2.13. The van der Waals surface area contributed by atoms with Gasteiger partial charge in [0.15, 0.2) is 5.78 Å². The van der Waals surface area contributed by atoms with E-state index in [1.54, 1.807) is 18.3 Å². The molecule has 0 saturated carbocycles. The standard InChI is InChI=1S/C11H11N3OS/c1-7-14-8(6-16-7)5-10(15)9-3-2-4-13-11(9)12/h2-4,6H,5H2,1H3,(H2,12,13). The first-order chi connectivity index (χ1) is 7.66. The van der Waals surface area contributed by atoms with Crippen LogP contribution in [0.4, 0.5) is 5.82 Å². The van der Waals surface area contributed by atoms with E-state index in [0.717, 1.165) is 10.7 Å². The fourth-order valence-corrected chi connectivity index (χ4v) is 2.02. The molecule has 0 aliphatic heterocycles. The number of thiazole rings is 1. The number of hydrogen-bond acceptors (Lipinski definition) is 5. The minimum absolute atomic E-state index is 0.0455. The molecule has 0 aliphatic carbocycles. The molecule has 2 aromatic rings. The molecule has 4 nitrogen and oxygen atoms in total. The van der Waals surface area contributed by atoms with Crippen molar-refractivity contribution in [3.8, 4) is 0 Å². The fourth-order valence-electron chi connectivity index (χ4n) is 1.40. The summed E-state index contributed by atoms with van der Waals surface area (Å²) >= 11 is 1.54. The zero-order chi connectivity index (χ0) is 11.5. The first-order valence-electron chi connectivity index (χ1n) is 4.81. The second-order valence-electron chi connectivity index (χ2n) is 3.39. The third kappa shape index (κ3) is 2.25. The van der Waals surface area contributed by atoms with E-state index >= 15 is 0 Å².